The Balaban J connectivity index is 1.74. The molecule has 1 aliphatic rings. The highest BCUT2D eigenvalue weighted by atomic mass is 32.2. The number of benzene rings is 2. The Morgan fingerprint density at radius 1 is 1.10 bits per heavy atom. The number of rotatable bonds is 5. The van der Waals surface area contributed by atoms with Gasteiger partial charge in [-0.1, -0.05) is 35.9 Å². The Labute approximate surface area is 171 Å². The first-order valence-electron chi connectivity index (χ1n) is 8.70. The van der Waals surface area contributed by atoms with Gasteiger partial charge in [0.05, 0.1) is 16.2 Å². The van der Waals surface area contributed by atoms with Crippen LogP contribution < -0.4 is 5.32 Å². The predicted molar refractivity (Wildman–Crippen MR) is 111 cm³/mol. The van der Waals surface area contributed by atoms with Gasteiger partial charge in [-0.3, -0.25) is 19.3 Å². The number of carboxylic acids is 1. The molecule has 2 N–H and O–H groups in total. The number of carboxylic acid groups (broad SMARTS) is 1. The molecule has 2 aromatic carbocycles. The maximum Gasteiger partial charge on any atom is 0.337 e. The second-order valence-electron chi connectivity index (χ2n) is 6.58. The molecule has 8 heteroatoms. The number of amides is 3. The van der Waals surface area contributed by atoms with Gasteiger partial charge in [0.15, 0.2) is 0 Å². The smallest absolute Gasteiger partial charge is 0.337 e. The minimum Gasteiger partial charge on any atom is -0.478 e. The van der Waals surface area contributed by atoms with E-state index in [1.165, 1.54) is 12.1 Å². The maximum absolute atomic E-state index is 12.6. The fourth-order valence-corrected chi connectivity index (χ4v) is 3.67. The number of hydrogen-bond donors (Lipinski definition) is 2. The summed E-state index contributed by atoms with van der Waals surface area (Å²) in [7, 11) is 0. The molecule has 29 heavy (non-hydrogen) atoms. The van der Waals surface area contributed by atoms with Gasteiger partial charge in [-0.15, -0.1) is 0 Å². The molecule has 3 amide bonds. The van der Waals surface area contributed by atoms with E-state index in [0.717, 1.165) is 33.4 Å². The van der Waals surface area contributed by atoms with E-state index in [2.05, 4.69) is 5.32 Å². The molecule has 0 radical (unpaired) electrons. The second kappa shape index (κ2) is 8.32. The van der Waals surface area contributed by atoms with Gasteiger partial charge in [0.2, 0.25) is 5.91 Å². The number of carbonyl (C=O) groups excluding carboxylic acids is 3. The molecule has 0 spiro atoms. The normalized spacial score (nSPS) is 15.1. The zero-order chi connectivity index (χ0) is 21.1. The van der Waals surface area contributed by atoms with Crippen molar-refractivity contribution in [3.8, 4) is 0 Å². The number of nitrogens with one attached hydrogen (secondary N) is 1. The van der Waals surface area contributed by atoms with Crippen LogP contribution in [0.5, 0.6) is 0 Å². The molecule has 148 valence electrons. The quantitative estimate of drug-likeness (QED) is 0.729. The minimum atomic E-state index is -1.19. The average molecular weight is 410 g/mol. The van der Waals surface area contributed by atoms with Crippen LogP contribution in [0, 0.1) is 13.8 Å². The first kappa shape index (κ1) is 20.3. The lowest BCUT2D eigenvalue weighted by Gasteiger charge is -2.14. The van der Waals surface area contributed by atoms with Crippen molar-refractivity contribution in [3.05, 3.63) is 69.6 Å². The highest BCUT2D eigenvalue weighted by molar-refractivity contribution is 8.18. The highest BCUT2D eigenvalue weighted by Crippen LogP contribution is 2.32. The van der Waals surface area contributed by atoms with Crippen LogP contribution in [0.1, 0.15) is 27.0 Å². The van der Waals surface area contributed by atoms with Crippen LogP contribution in [0.3, 0.4) is 0 Å². The van der Waals surface area contributed by atoms with E-state index < -0.39 is 29.6 Å². The summed E-state index contributed by atoms with van der Waals surface area (Å²) in [4.78, 5) is 49.6. The lowest BCUT2D eigenvalue weighted by molar-refractivity contribution is -0.127. The van der Waals surface area contributed by atoms with E-state index in [9.17, 15) is 24.3 Å². The SMILES string of the molecule is Cc1cccc(/C=C2\SC(=O)N(CC(=O)Nc3cc(C)ccc3C(=O)O)C2=O)c1. The van der Waals surface area contributed by atoms with Crippen LogP contribution in [-0.2, 0) is 9.59 Å². The molecule has 0 bridgehead atoms. The van der Waals surface area contributed by atoms with Gasteiger partial charge < -0.3 is 10.4 Å². The zero-order valence-electron chi connectivity index (χ0n) is 15.8. The molecule has 1 saturated heterocycles. The number of hydrogen-bond acceptors (Lipinski definition) is 5. The Bertz CT molecular complexity index is 1060. The fraction of sp³-hybridized carbons (Fsp3) is 0.143. The average Bonchev–Trinajstić information content (AvgIpc) is 2.89. The monoisotopic (exact) mass is 410 g/mol. The van der Waals surface area contributed by atoms with E-state index in [4.69, 9.17) is 0 Å². The first-order chi connectivity index (χ1) is 13.7. The van der Waals surface area contributed by atoms with E-state index in [1.54, 1.807) is 19.1 Å². The van der Waals surface area contributed by atoms with Crippen molar-refractivity contribution in [2.45, 2.75) is 13.8 Å². The van der Waals surface area contributed by atoms with Crippen molar-refractivity contribution in [2.75, 3.05) is 11.9 Å². The molecule has 1 fully saturated rings. The van der Waals surface area contributed by atoms with E-state index in [0.29, 0.717) is 0 Å². The number of nitrogens with zero attached hydrogens (tertiary/aromatic N) is 1. The Morgan fingerprint density at radius 3 is 2.52 bits per heavy atom. The van der Waals surface area contributed by atoms with Gasteiger partial charge in [-0.25, -0.2) is 4.79 Å². The summed E-state index contributed by atoms with van der Waals surface area (Å²) < 4.78 is 0. The summed E-state index contributed by atoms with van der Waals surface area (Å²) in [6, 6.07) is 12.0. The highest BCUT2D eigenvalue weighted by Gasteiger charge is 2.36. The van der Waals surface area contributed by atoms with Gasteiger partial charge in [0.25, 0.3) is 11.1 Å². The van der Waals surface area contributed by atoms with E-state index in [1.807, 2.05) is 31.2 Å². The first-order valence-corrected chi connectivity index (χ1v) is 9.52. The van der Waals surface area contributed by atoms with E-state index >= 15 is 0 Å². The molecule has 7 nitrogen and oxygen atoms in total. The second-order valence-corrected chi connectivity index (χ2v) is 7.58. The van der Waals surface area contributed by atoms with Gasteiger partial charge in [0, 0.05) is 0 Å². The number of thioether (sulfide) groups is 1. The molecule has 2 aromatic rings. The number of aryl methyl sites for hydroxylation is 2. The third-order valence-electron chi connectivity index (χ3n) is 4.19. The zero-order valence-corrected chi connectivity index (χ0v) is 16.6. The summed E-state index contributed by atoms with van der Waals surface area (Å²) in [5, 5.41) is 11.2. The molecule has 0 unspecified atom stereocenters. The third kappa shape index (κ3) is 4.72. The lowest BCUT2D eigenvalue weighted by Crippen LogP contribution is -2.36. The minimum absolute atomic E-state index is 0.0718. The summed E-state index contributed by atoms with van der Waals surface area (Å²) in [5.41, 5.74) is 2.61. The maximum atomic E-state index is 12.6. The van der Waals surface area contributed by atoms with Gasteiger partial charge in [-0.2, -0.15) is 0 Å². The van der Waals surface area contributed by atoms with E-state index in [-0.39, 0.29) is 16.2 Å². The van der Waals surface area contributed by atoms with Crippen molar-refractivity contribution in [2.24, 2.45) is 0 Å². The molecular formula is C21H18N2O5S. The van der Waals surface area contributed by atoms with Crippen molar-refractivity contribution < 1.29 is 24.3 Å². The fourth-order valence-electron chi connectivity index (χ4n) is 2.83. The van der Waals surface area contributed by atoms with Crippen LogP contribution in [0.15, 0.2) is 47.4 Å². The third-order valence-corrected chi connectivity index (χ3v) is 5.10. The van der Waals surface area contributed by atoms with Gasteiger partial charge in [-0.05, 0) is 54.9 Å². The van der Waals surface area contributed by atoms with Gasteiger partial charge in [0.1, 0.15) is 6.54 Å². The van der Waals surface area contributed by atoms with Crippen LogP contribution >= 0.6 is 11.8 Å². The Kier molecular flexibility index (Phi) is 5.84. The summed E-state index contributed by atoms with van der Waals surface area (Å²) in [6.45, 7) is 3.18. The molecule has 1 aliphatic heterocycles. The van der Waals surface area contributed by atoms with Crippen molar-refractivity contribution in [3.63, 3.8) is 0 Å². The number of imide groups is 1. The molecule has 0 atom stereocenters. The number of anilines is 1. The topological polar surface area (TPSA) is 104 Å². The van der Waals surface area contributed by atoms with Crippen molar-refractivity contribution in [1.82, 2.24) is 4.90 Å². The molecule has 0 aliphatic carbocycles. The summed E-state index contributed by atoms with van der Waals surface area (Å²) in [5.74, 6) is -2.40. The van der Waals surface area contributed by atoms with Crippen LogP contribution in [-0.4, -0.2) is 39.6 Å². The summed E-state index contributed by atoms with van der Waals surface area (Å²) >= 11 is 0.766. The lowest BCUT2D eigenvalue weighted by atomic mass is 10.1. The molecule has 1 heterocycles. The molecule has 3 rings (SSSR count). The molecular weight excluding hydrogens is 392 g/mol. The predicted octanol–water partition coefficient (Wildman–Crippen LogP) is 3.68. The van der Waals surface area contributed by atoms with Crippen LogP contribution in [0.2, 0.25) is 0 Å². The van der Waals surface area contributed by atoms with Crippen molar-refractivity contribution in [1.29, 1.82) is 0 Å². The van der Waals surface area contributed by atoms with Crippen LogP contribution in [0.4, 0.5) is 10.5 Å². The van der Waals surface area contributed by atoms with Crippen molar-refractivity contribution >= 4 is 46.5 Å². The number of aromatic carboxylic acids is 1. The Morgan fingerprint density at radius 2 is 1.83 bits per heavy atom. The Hall–Kier alpha value is -3.39. The molecule has 0 saturated carbocycles. The van der Waals surface area contributed by atoms with Crippen LogP contribution in [0.25, 0.3) is 6.08 Å². The summed E-state index contributed by atoms with van der Waals surface area (Å²) in [6.07, 6.45) is 1.61. The standard InChI is InChI=1S/C21H18N2O5S/c1-12-4-3-5-14(8-12)10-17-19(25)23(21(28)29-17)11-18(24)22-16-9-13(2)6-7-15(16)20(26)27/h3-10H,11H2,1-2H3,(H,22,24)(H,26,27)/b17-10-. The number of carbonyl (C=O) groups is 4. The van der Waals surface area contributed by atoms with Gasteiger partial charge >= 0.3 is 5.97 Å². The molecule has 0 aromatic heterocycles. The largest absolute Gasteiger partial charge is 0.478 e.